The zero-order valence-electron chi connectivity index (χ0n) is 15.6. The lowest BCUT2D eigenvalue weighted by atomic mass is 10.0. The number of benzene rings is 3. The van der Waals surface area contributed by atoms with Crippen molar-refractivity contribution in [3.8, 4) is 5.75 Å². The van der Waals surface area contributed by atoms with Crippen LogP contribution in [0.25, 0.3) is 5.76 Å². The summed E-state index contributed by atoms with van der Waals surface area (Å²) in [5.74, 6) is 1.36. The van der Waals surface area contributed by atoms with Crippen LogP contribution < -0.4 is 4.74 Å². The standard InChI is InChI=1S/C24H21NO3/c1-27-21-14-12-19(13-15-21)22-16-23(20-10-6-3-7-11-20)28-24(26)25(22)17-18-8-4-2-5-9-18/h2-16,22H,17H2,1H3. The van der Waals surface area contributed by atoms with Crippen LogP contribution in [0, 0.1) is 0 Å². The summed E-state index contributed by atoms with van der Waals surface area (Å²) in [5.41, 5.74) is 2.94. The van der Waals surface area contributed by atoms with E-state index in [1.165, 1.54) is 0 Å². The van der Waals surface area contributed by atoms with Gasteiger partial charge in [-0.25, -0.2) is 4.79 Å². The summed E-state index contributed by atoms with van der Waals surface area (Å²) in [7, 11) is 1.64. The predicted octanol–water partition coefficient (Wildman–Crippen LogP) is 5.43. The average Bonchev–Trinajstić information content (AvgIpc) is 2.76. The van der Waals surface area contributed by atoms with E-state index in [9.17, 15) is 4.79 Å². The van der Waals surface area contributed by atoms with E-state index in [0.717, 1.165) is 22.4 Å². The van der Waals surface area contributed by atoms with Gasteiger partial charge in [-0.2, -0.15) is 0 Å². The van der Waals surface area contributed by atoms with Gasteiger partial charge in [-0.3, -0.25) is 4.90 Å². The van der Waals surface area contributed by atoms with E-state index in [4.69, 9.17) is 9.47 Å². The SMILES string of the molecule is COc1ccc(C2C=C(c3ccccc3)OC(=O)N2Cc2ccccc2)cc1. The largest absolute Gasteiger partial charge is 0.497 e. The van der Waals surface area contributed by atoms with Crippen molar-refractivity contribution in [1.29, 1.82) is 0 Å². The maximum absolute atomic E-state index is 12.9. The Hall–Kier alpha value is -3.53. The molecular weight excluding hydrogens is 350 g/mol. The molecule has 0 radical (unpaired) electrons. The smallest absolute Gasteiger partial charge is 0.416 e. The van der Waals surface area contributed by atoms with Crippen molar-refractivity contribution in [2.24, 2.45) is 0 Å². The molecule has 140 valence electrons. The number of methoxy groups -OCH3 is 1. The number of carbonyl (C=O) groups excluding carboxylic acids is 1. The van der Waals surface area contributed by atoms with Gasteiger partial charge in [0.25, 0.3) is 0 Å². The Morgan fingerprint density at radius 3 is 2.18 bits per heavy atom. The maximum Gasteiger partial charge on any atom is 0.416 e. The molecule has 3 aromatic rings. The zero-order chi connectivity index (χ0) is 19.3. The van der Waals surface area contributed by atoms with Gasteiger partial charge < -0.3 is 9.47 Å². The van der Waals surface area contributed by atoms with Crippen molar-refractivity contribution in [1.82, 2.24) is 4.90 Å². The molecular formula is C24H21NO3. The van der Waals surface area contributed by atoms with Crippen LogP contribution in [0.2, 0.25) is 0 Å². The van der Waals surface area contributed by atoms with Crippen molar-refractivity contribution in [3.63, 3.8) is 0 Å². The lowest BCUT2D eigenvalue weighted by Gasteiger charge is -2.34. The topological polar surface area (TPSA) is 38.8 Å². The molecule has 4 nitrogen and oxygen atoms in total. The van der Waals surface area contributed by atoms with Crippen molar-refractivity contribution in [2.75, 3.05) is 7.11 Å². The molecule has 4 rings (SSSR count). The number of cyclic esters (lactones) is 1. The first-order valence-corrected chi connectivity index (χ1v) is 9.18. The number of carbonyl (C=O) groups is 1. The molecule has 28 heavy (non-hydrogen) atoms. The normalized spacial score (nSPS) is 16.3. The van der Waals surface area contributed by atoms with Gasteiger partial charge in [-0.1, -0.05) is 72.8 Å². The molecule has 1 amide bonds. The van der Waals surface area contributed by atoms with Crippen LogP contribution in [-0.2, 0) is 11.3 Å². The number of amides is 1. The Bertz CT molecular complexity index is 966. The van der Waals surface area contributed by atoms with E-state index in [2.05, 4.69) is 0 Å². The predicted molar refractivity (Wildman–Crippen MR) is 109 cm³/mol. The minimum Gasteiger partial charge on any atom is -0.497 e. The van der Waals surface area contributed by atoms with Crippen LogP contribution in [-0.4, -0.2) is 18.1 Å². The highest BCUT2D eigenvalue weighted by Crippen LogP contribution is 2.34. The second kappa shape index (κ2) is 8.01. The minimum atomic E-state index is -0.356. The van der Waals surface area contributed by atoms with E-state index < -0.39 is 0 Å². The van der Waals surface area contributed by atoms with Gasteiger partial charge in [0.1, 0.15) is 11.5 Å². The lowest BCUT2D eigenvalue weighted by Crippen LogP contribution is -2.37. The van der Waals surface area contributed by atoms with E-state index in [1.54, 1.807) is 12.0 Å². The first-order valence-electron chi connectivity index (χ1n) is 9.18. The average molecular weight is 371 g/mol. The van der Waals surface area contributed by atoms with Gasteiger partial charge >= 0.3 is 6.09 Å². The molecule has 1 unspecified atom stereocenters. The van der Waals surface area contributed by atoms with Crippen LogP contribution in [0.4, 0.5) is 4.79 Å². The second-order valence-electron chi connectivity index (χ2n) is 6.60. The first-order chi connectivity index (χ1) is 13.7. The lowest BCUT2D eigenvalue weighted by molar-refractivity contribution is 0.119. The van der Waals surface area contributed by atoms with Crippen LogP contribution in [0.1, 0.15) is 22.7 Å². The molecule has 1 heterocycles. The Balaban J connectivity index is 1.73. The third-order valence-electron chi connectivity index (χ3n) is 4.79. The van der Waals surface area contributed by atoms with Gasteiger partial charge in [-0.05, 0) is 29.3 Å². The Morgan fingerprint density at radius 1 is 0.893 bits per heavy atom. The molecule has 1 aliphatic rings. The van der Waals surface area contributed by atoms with Crippen molar-refractivity contribution in [2.45, 2.75) is 12.6 Å². The van der Waals surface area contributed by atoms with Gasteiger partial charge in [0, 0.05) is 12.1 Å². The van der Waals surface area contributed by atoms with Gasteiger partial charge in [0.05, 0.1) is 13.2 Å². The summed E-state index contributed by atoms with van der Waals surface area (Å²) in [6, 6.07) is 27.2. The molecule has 1 aliphatic heterocycles. The molecule has 4 heteroatoms. The highest BCUT2D eigenvalue weighted by molar-refractivity contribution is 5.80. The van der Waals surface area contributed by atoms with E-state index >= 15 is 0 Å². The fourth-order valence-corrected chi connectivity index (χ4v) is 3.31. The number of nitrogens with zero attached hydrogens (tertiary/aromatic N) is 1. The molecule has 0 aromatic heterocycles. The summed E-state index contributed by atoms with van der Waals surface area (Å²) >= 11 is 0. The van der Waals surface area contributed by atoms with Crippen LogP contribution in [0.5, 0.6) is 5.75 Å². The highest BCUT2D eigenvalue weighted by atomic mass is 16.6. The Kier molecular flexibility index (Phi) is 5.11. The minimum absolute atomic E-state index is 0.234. The van der Waals surface area contributed by atoms with Crippen molar-refractivity contribution >= 4 is 11.9 Å². The molecule has 1 atom stereocenters. The number of rotatable bonds is 5. The van der Waals surface area contributed by atoms with Crippen molar-refractivity contribution in [3.05, 3.63) is 108 Å². The molecule has 0 saturated carbocycles. The molecule has 0 N–H and O–H groups in total. The van der Waals surface area contributed by atoms with Crippen molar-refractivity contribution < 1.29 is 14.3 Å². The number of hydrogen-bond acceptors (Lipinski definition) is 3. The summed E-state index contributed by atoms with van der Waals surface area (Å²) in [4.78, 5) is 14.7. The Morgan fingerprint density at radius 2 is 1.54 bits per heavy atom. The fourth-order valence-electron chi connectivity index (χ4n) is 3.31. The molecule has 0 fully saturated rings. The van der Waals surface area contributed by atoms with Crippen LogP contribution in [0.3, 0.4) is 0 Å². The van der Waals surface area contributed by atoms with E-state index in [-0.39, 0.29) is 12.1 Å². The molecule has 0 saturated heterocycles. The Labute approximate surface area is 164 Å². The van der Waals surface area contributed by atoms with Gasteiger partial charge in [0.15, 0.2) is 0 Å². The summed E-state index contributed by atoms with van der Waals surface area (Å²) in [5, 5.41) is 0. The summed E-state index contributed by atoms with van der Waals surface area (Å²) in [6.07, 6.45) is 1.65. The number of hydrogen-bond donors (Lipinski definition) is 0. The third-order valence-corrected chi connectivity index (χ3v) is 4.79. The zero-order valence-corrected chi connectivity index (χ0v) is 15.6. The van der Waals surface area contributed by atoms with Gasteiger partial charge in [0.2, 0.25) is 0 Å². The van der Waals surface area contributed by atoms with Gasteiger partial charge in [-0.15, -0.1) is 0 Å². The van der Waals surface area contributed by atoms with E-state index in [1.807, 2.05) is 91.0 Å². The maximum atomic E-state index is 12.9. The monoisotopic (exact) mass is 371 g/mol. The fraction of sp³-hybridized carbons (Fsp3) is 0.125. The summed E-state index contributed by atoms with van der Waals surface area (Å²) < 4.78 is 10.9. The second-order valence-corrected chi connectivity index (χ2v) is 6.60. The molecule has 3 aromatic carbocycles. The number of ether oxygens (including phenoxy) is 2. The van der Waals surface area contributed by atoms with E-state index in [0.29, 0.717) is 12.3 Å². The highest BCUT2D eigenvalue weighted by Gasteiger charge is 2.31. The summed E-state index contributed by atoms with van der Waals surface area (Å²) in [6.45, 7) is 0.467. The van der Waals surface area contributed by atoms with Crippen LogP contribution in [0.15, 0.2) is 91.0 Å². The quantitative estimate of drug-likeness (QED) is 0.600. The third kappa shape index (κ3) is 3.76. The molecule has 0 spiro atoms. The molecule has 0 aliphatic carbocycles. The van der Waals surface area contributed by atoms with Crippen LogP contribution >= 0.6 is 0 Å². The molecule has 0 bridgehead atoms. The first kappa shape index (κ1) is 17.9.